The lowest BCUT2D eigenvalue weighted by atomic mass is 9.82. The van der Waals surface area contributed by atoms with E-state index < -0.39 is 0 Å². The predicted molar refractivity (Wildman–Crippen MR) is 304 cm³/mol. The maximum Gasteiger partial charge on any atom is 0.167 e. The van der Waals surface area contributed by atoms with Gasteiger partial charge in [-0.2, -0.15) is 0 Å². The first kappa shape index (κ1) is 44.2. The molecule has 8 aromatic rings. The molecule has 3 aromatic heterocycles. The molecule has 0 bridgehead atoms. The Balaban J connectivity index is 1.18. The third-order valence-corrected chi connectivity index (χ3v) is 15.7. The van der Waals surface area contributed by atoms with Gasteiger partial charge in [0.1, 0.15) is 11.5 Å². The van der Waals surface area contributed by atoms with Crippen LogP contribution in [0.2, 0.25) is 0 Å². The molecule has 7 heteroatoms. The highest BCUT2D eigenvalue weighted by atomic mass is 15.3. The van der Waals surface area contributed by atoms with Crippen molar-refractivity contribution in [2.75, 3.05) is 23.9 Å². The molecule has 2 unspecified atom stereocenters. The Hall–Kier alpha value is -9.56. The van der Waals surface area contributed by atoms with Crippen molar-refractivity contribution >= 4 is 28.6 Å². The van der Waals surface area contributed by atoms with Gasteiger partial charge in [0.05, 0.1) is 28.5 Å². The summed E-state index contributed by atoms with van der Waals surface area (Å²) in [7, 11) is 4.30. The molecule has 356 valence electrons. The molecule has 0 saturated carbocycles. The van der Waals surface area contributed by atoms with Crippen molar-refractivity contribution in [3.8, 4) is 62.1 Å². The zero-order valence-corrected chi connectivity index (χ0v) is 42.0. The minimum Gasteiger partial charge on any atom is -0.350 e. The van der Waals surface area contributed by atoms with Crippen LogP contribution < -0.4 is 9.80 Å². The molecule has 0 aliphatic heterocycles. The number of aromatic nitrogens is 5. The third-order valence-electron chi connectivity index (χ3n) is 15.7. The molecule has 6 aliphatic carbocycles. The van der Waals surface area contributed by atoms with Crippen molar-refractivity contribution < 1.29 is 0 Å². The minimum atomic E-state index is -0.211. The lowest BCUT2D eigenvalue weighted by molar-refractivity contribution is 0.641. The van der Waals surface area contributed by atoms with Crippen LogP contribution in [0.4, 0.5) is 11.6 Å². The molecule has 3 heterocycles. The summed E-state index contributed by atoms with van der Waals surface area (Å²) < 4.78 is 2.44. The number of pyridine rings is 1. The van der Waals surface area contributed by atoms with Gasteiger partial charge < -0.3 is 14.4 Å². The van der Waals surface area contributed by atoms with Crippen LogP contribution >= 0.6 is 0 Å². The number of nitrogens with zero attached hydrogens (tertiary/aromatic N) is 7. The Morgan fingerprint density at radius 1 is 0.613 bits per heavy atom. The van der Waals surface area contributed by atoms with Gasteiger partial charge in [-0.15, -0.1) is 22.9 Å². The zero-order valence-electron chi connectivity index (χ0n) is 42.0. The van der Waals surface area contributed by atoms with Crippen LogP contribution in [0.5, 0.6) is 0 Å². The molecule has 2 atom stereocenters. The van der Waals surface area contributed by atoms with Crippen molar-refractivity contribution in [1.82, 2.24) is 24.5 Å². The standard InChI is InChI=1S/C68H49N7/c1-68(2)54-35-17-15-30-50(54)53-42-47(40-41-55(53)68)60-61(65-70-63(45-26-7-5-8-27-45)69-64(71-65)46-28-9-6-10-29-46)62(75-58-36-18-16-31-51(58)52-34-21-39-59(52)75)67(74(4)57-38-20-33-49(57)44-24-13-14-25-44)72-66(60)73(3)56-37-19-32-48(56)43-22-11-12-23-43/h5-18,21-22,24,26-33,35-42,49,57H,34H2,1-4H3. The second-order valence-corrected chi connectivity index (χ2v) is 20.3. The summed E-state index contributed by atoms with van der Waals surface area (Å²) >= 11 is 0. The number of hydrogen-bond donors (Lipinski definition) is 0. The maximum atomic E-state index is 6.13. The fraction of sp³-hybridized carbons (Fsp3) is 0.118. The monoisotopic (exact) mass is 963 g/mol. The topological polar surface area (TPSA) is 63.0 Å². The molecule has 6 aliphatic rings. The summed E-state index contributed by atoms with van der Waals surface area (Å²) in [6, 6.07) is 45.0. The van der Waals surface area contributed by atoms with E-state index in [2.05, 4.69) is 211 Å². The fourth-order valence-electron chi connectivity index (χ4n) is 12.0. The molecule has 5 aromatic carbocycles. The van der Waals surface area contributed by atoms with E-state index in [9.17, 15) is 0 Å². The zero-order chi connectivity index (χ0) is 50.4. The summed E-state index contributed by atoms with van der Waals surface area (Å²) in [5, 5.41) is 1.19. The second-order valence-electron chi connectivity index (χ2n) is 20.3. The Bertz CT molecular complexity index is 4140. The van der Waals surface area contributed by atoms with Gasteiger partial charge >= 0.3 is 0 Å². The maximum absolute atomic E-state index is 6.13. The molecular formula is C68H49N7. The minimum absolute atomic E-state index is 0.0354. The largest absolute Gasteiger partial charge is 0.350 e. The third kappa shape index (κ3) is 7.00. The molecule has 0 N–H and O–H groups in total. The Morgan fingerprint density at radius 3 is 2.08 bits per heavy atom. The van der Waals surface area contributed by atoms with Gasteiger partial charge in [0.25, 0.3) is 0 Å². The molecular weight excluding hydrogens is 915 g/mol. The van der Waals surface area contributed by atoms with Crippen molar-refractivity contribution in [2.24, 2.45) is 5.92 Å². The summed E-state index contributed by atoms with van der Waals surface area (Å²) in [5.74, 6) is 3.10. The lowest BCUT2D eigenvalue weighted by Gasteiger charge is -2.35. The van der Waals surface area contributed by atoms with Crippen LogP contribution in [0, 0.1) is 5.92 Å². The van der Waals surface area contributed by atoms with Crippen LogP contribution in [0.15, 0.2) is 240 Å². The van der Waals surface area contributed by atoms with E-state index >= 15 is 0 Å². The van der Waals surface area contributed by atoms with Gasteiger partial charge in [0, 0.05) is 70.3 Å². The van der Waals surface area contributed by atoms with Gasteiger partial charge in [-0.05, 0) is 101 Å². The molecule has 0 saturated heterocycles. The summed E-state index contributed by atoms with van der Waals surface area (Å²) in [4.78, 5) is 27.3. The van der Waals surface area contributed by atoms with Crippen molar-refractivity contribution in [3.05, 3.63) is 262 Å². The van der Waals surface area contributed by atoms with Crippen LogP contribution in [-0.2, 0) is 11.8 Å². The van der Waals surface area contributed by atoms with E-state index in [4.69, 9.17) is 19.9 Å². The second kappa shape index (κ2) is 17.3. The molecule has 14 rings (SSSR count). The number of allylic oxidation sites excluding steroid dienone is 8. The first-order valence-electron chi connectivity index (χ1n) is 25.6. The van der Waals surface area contributed by atoms with Crippen molar-refractivity contribution in [2.45, 2.75) is 31.7 Å². The van der Waals surface area contributed by atoms with E-state index in [1.807, 2.05) is 54.6 Å². The van der Waals surface area contributed by atoms with E-state index in [-0.39, 0.29) is 17.4 Å². The van der Waals surface area contributed by atoms with Crippen LogP contribution in [0.25, 0.3) is 79.1 Å². The van der Waals surface area contributed by atoms with E-state index in [0.29, 0.717) is 17.5 Å². The highest BCUT2D eigenvalue weighted by Crippen LogP contribution is 2.54. The Labute approximate surface area is 436 Å². The number of benzene rings is 5. The number of fused-ring (bicyclic) bond motifs is 6. The predicted octanol–water partition coefficient (Wildman–Crippen LogP) is 14.6. The number of likely N-dealkylation sites (N-methyl/N-ethyl adjacent to an activating group) is 2. The smallest absolute Gasteiger partial charge is 0.167 e. The molecule has 7 nitrogen and oxygen atoms in total. The first-order chi connectivity index (χ1) is 36.8. The summed E-state index contributed by atoms with van der Waals surface area (Å²) in [6.45, 7) is 4.67. The number of hydrogen-bond acceptors (Lipinski definition) is 6. The van der Waals surface area contributed by atoms with E-state index in [0.717, 1.165) is 85.2 Å². The van der Waals surface area contributed by atoms with E-state index in [1.54, 1.807) is 0 Å². The molecule has 0 amide bonds. The van der Waals surface area contributed by atoms with Gasteiger partial charge in [0.15, 0.2) is 23.3 Å². The summed E-state index contributed by atoms with van der Waals surface area (Å²) in [6.07, 6.45) is 26.1. The Kier molecular flexibility index (Phi) is 10.2. The molecule has 0 fully saturated rings. The number of rotatable bonds is 11. The fourth-order valence-corrected chi connectivity index (χ4v) is 12.0. The van der Waals surface area contributed by atoms with Gasteiger partial charge in [-0.3, -0.25) is 0 Å². The van der Waals surface area contributed by atoms with Crippen molar-refractivity contribution in [1.29, 1.82) is 0 Å². The molecule has 0 radical (unpaired) electrons. The van der Waals surface area contributed by atoms with Crippen LogP contribution in [0.3, 0.4) is 0 Å². The average Bonchev–Trinajstić information content (AvgIpc) is 4.40. The SMILES string of the molecule is CN(C1=C(C2=C=CC=C2)C=C=C1)c1nc(N(C)C2C=C=CC2C2=C=CC=C2)c(-n2c3c(c4ccccc42)CC=C3)c(-c2nc(-c3ccccc3)nc(-c3ccccc3)n2)c1-c1ccc2c(c1)-c1ccccc1C2(C)C. The first-order valence-corrected chi connectivity index (χ1v) is 25.6. The van der Waals surface area contributed by atoms with Crippen LogP contribution in [-0.4, -0.2) is 44.6 Å². The quantitative estimate of drug-likeness (QED) is 0.120. The van der Waals surface area contributed by atoms with E-state index in [1.165, 1.54) is 33.2 Å². The van der Waals surface area contributed by atoms with Gasteiger partial charge in [-0.25, -0.2) is 19.9 Å². The normalized spacial score (nSPS) is 17.5. The molecule has 0 spiro atoms. The highest BCUT2D eigenvalue weighted by Gasteiger charge is 2.39. The van der Waals surface area contributed by atoms with Gasteiger partial charge in [0.2, 0.25) is 0 Å². The average molecular weight is 964 g/mol. The highest BCUT2D eigenvalue weighted by molar-refractivity contribution is 6.02. The summed E-state index contributed by atoms with van der Waals surface area (Å²) in [5.41, 5.74) is 31.6. The lowest BCUT2D eigenvalue weighted by Crippen LogP contribution is -2.37. The van der Waals surface area contributed by atoms with Crippen molar-refractivity contribution in [3.63, 3.8) is 0 Å². The number of anilines is 2. The van der Waals surface area contributed by atoms with Crippen LogP contribution in [0.1, 0.15) is 36.2 Å². The van der Waals surface area contributed by atoms with Gasteiger partial charge in [-0.1, -0.05) is 147 Å². The Morgan fingerprint density at radius 2 is 1.32 bits per heavy atom. The molecule has 75 heavy (non-hydrogen) atoms. The number of para-hydroxylation sites is 1.